The number of hydrogen-bond donors (Lipinski definition) is 1. The van der Waals surface area contributed by atoms with Gasteiger partial charge in [-0.3, -0.25) is 0 Å². The fourth-order valence-electron chi connectivity index (χ4n) is 1.73. The van der Waals surface area contributed by atoms with Crippen LogP contribution in [-0.2, 0) is 11.3 Å². The zero-order valence-electron chi connectivity index (χ0n) is 9.44. The van der Waals surface area contributed by atoms with E-state index in [2.05, 4.69) is 0 Å². The first kappa shape index (κ1) is 11.2. The maximum Gasteiger partial charge on any atom is 0.128 e. The Morgan fingerprint density at radius 3 is 3.00 bits per heavy atom. The van der Waals surface area contributed by atoms with Crippen LogP contribution in [0.4, 0.5) is 0 Å². The largest absolute Gasteiger partial charge is 0.497 e. The first-order valence-corrected chi connectivity index (χ1v) is 5.45. The molecule has 1 atom stereocenters. The van der Waals surface area contributed by atoms with Gasteiger partial charge >= 0.3 is 0 Å². The van der Waals surface area contributed by atoms with E-state index in [9.17, 15) is 0 Å². The smallest absolute Gasteiger partial charge is 0.128 e. The lowest BCUT2D eigenvalue weighted by molar-refractivity contribution is 0.140. The summed E-state index contributed by atoms with van der Waals surface area (Å²) in [5.74, 6) is 1.59. The topological polar surface area (TPSA) is 53.7 Å². The second-order valence-corrected chi connectivity index (χ2v) is 3.78. The van der Waals surface area contributed by atoms with Gasteiger partial charge in [0.25, 0.3) is 0 Å². The van der Waals surface area contributed by atoms with Gasteiger partial charge in [-0.1, -0.05) is 6.07 Å². The third-order valence-electron chi connectivity index (χ3n) is 2.68. The molecule has 0 saturated carbocycles. The summed E-state index contributed by atoms with van der Waals surface area (Å²) in [5.41, 5.74) is 6.66. The normalized spacial score (nSPS) is 19.8. The van der Waals surface area contributed by atoms with Crippen molar-refractivity contribution in [1.29, 1.82) is 0 Å². The Morgan fingerprint density at radius 1 is 1.50 bits per heavy atom. The van der Waals surface area contributed by atoms with Gasteiger partial charge in [-0.25, -0.2) is 0 Å². The van der Waals surface area contributed by atoms with Gasteiger partial charge in [0.15, 0.2) is 0 Å². The molecule has 4 heteroatoms. The quantitative estimate of drug-likeness (QED) is 0.836. The average molecular weight is 223 g/mol. The average Bonchev–Trinajstić information content (AvgIpc) is 2.82. The van der Waals surface area contributed by atoms with Crippen LogP contribution in [0, 0.1) is 0 Å². The molecular weight excluding hydrogens is 206 g/mol. The van der Waals surface area contributed by atoms with Gasteiger partial charge < -0.3 is 19.9 Å². The first-order chi connectivity index (χ1) is 7.83. The van der Waals surface area contributed by atoms with Crippen molar-refractivity contribution in [2.24, 2.45) is 5.73 Å². The van der Waals surface area contributed by atoms with E-state index in [1.165, 1.54) is 0 Å². The summed E-state index contributed by atoms with van der Waals surface area (Å²) in [6.45, 7) is 1.89. The van der Waals surface area contributed by atoms with Gasteiger partial charge in [0.05, 0.1) is 20.3 Å². The lowest BCUT2D eigenvalue weighted by atomic mass is 10.2. The number of methoxy groups -OCH3 is 1. The van der Waals surface area contributed by atoms with Crippen LogP contribution < -0.4 is 15.2 Å². The molecule has 0 amide bonds. The Balaban J connectivity index is 2.15. The number of nitrogens with two attached hydrogens (primary N) is 1. The number of ether oxygens (including phenoxy) is 3. The molecule has 0 spiro atoms. The highest BCUT2D eigenvalue weighted by Crippen LogP contribution is 2.26. The van der Waals surface area contributed by atoms with E-state index in [-0.39, 0.29) is 6.10 Å². The molecule has 1 aromatic rings. The number of benzene rings is 1. The first-order valence-electron chi connectivity index (χ1n) is 5.45. The fraction of sp³-hybridized carbons (Fsp3) is 0.500. The summed E-state index contributed by atoms with van der Waals surface area (Å²) < 4.78 is 16.3. The molecule has 1 aromatic carbocycles. The highest BCUT2D eigenvalue weighted by atomic mass is 16.5. The molecule has 1 fully saturated rings. The van der Waals surface area contributed by atoms with Crippen molar-refractivity contribution in [2.75, 3.05) is 20.3 Å². The molecule has 0 aromatic heterocycles. The Kier molecular flexibility index (Phi) is 3.64. The zero-order valence-corrected chi connectivity index (χ0v) is 9.44. The van der Waals surface area contributed by atoms with E-state index in [1.807, 2.05) is 18.2 Å². The zero-order chi connectivity index (χ0) is 11.4. The fourth-order valence-corrected chi connectivity index (χ4v) is 1.73. The van der Waals surface area contributed by atoms with Crippen LogP contribution in [0.2, 0.25) is 0 Å². The maximum atomic E-state index is 5.85. The molecule has 16 heavy (non-hydrogen) atoms. The van der Waals surface area contributed by atoms with Crippen molar-refractivity contribution in [3.05, 3.63) is 23.8 Å². The minimum Gasteiger partial charge on any atom is -0.497 e. The SMILES string of the molecule is COc1ccc(CN)c(OC2CCOC2)c1. The highest BCUT2D eigenvalue weighted by Gasteiger charge is 2.18. The predicted octanol–water partition coefficient (Wildman–Crippen LogP) is 1.32. The predicted molar refractivity (Wildman–Crippen MR) is 60.7 cm³/mol. The summed E-state index contributed by atoms with van der Waals surface area (Å²) in [7, 11) is 1.64. The van der Waals surface area contributed by atoms with Crippen LogP contribution in [0.1, 0.15) is 12.0 Å². The van der Waals surface area contributed by atoms with Crippen molar-refractivity contribution < 1.29 is 14.2 Å². The van der Waals surface area contributed by atoms with Gasteiger partial charge in [-0.15, -0.1) is 0 Å². The lowest BCUT2D eigenvalue weighted by Gasteiger charge is -2.15. The molecule has 0 radical (unpaired) electrons. The van der Waals surface area contributed by atoms with E-state index < -0.39 is 0 Å². The summed E-state index contributed by atoms with van der Waals surface area (Å²) in [4.78, 5) is 0. The molecule has 2 N–H and O–H groups in total. The summed E-state index contributed by atoms with van der Waals surface area (Å²) >= 11 is 0. The molecule has 1 unspecified atom stereocenters. The Labute approximate surface area is 95.3 Å². The molecule has 1 saturated heterocycles. The Morgan fingerprint density at radius 2 is 2.38 bits per heavy atom. The number of rotatable bonds is 4. The molecular formula is C12H17NO3. The van der Waals surface area contributed by atoms with Crippen molar-refractivity contribution in [1.82, 2.24) is 0 Å². The molecule has 88 valence electrons. The lowest BCUT2D eigenvalue weighted by Crippen LogP contribution is -2.17. The van der Waals surface area contributed by atoms with E-state index in [4.69, 9.17) is 19.9 Å². The van der Waals surface area contributed by atoms with E-state index in [0.717, 1.165) is 30.1 Å². The highest BCUT2D eigenvalue weighted by molar-refractivity contribution is 5.40. The summed E-state index contributed by atoms with van der Waals surface area (Å²) in [5, 5.41) is 0. The monoisotopic (exact) mass is 223 g/mol. The molecule has 0 aliphatic carbocycles. The van der Waals surface area contributed by atoms with E-state index >= 15 is 0 Å². The standard InChI is InChI=1S/C12H17NO3/c1-14-10-3-2-9(7-13)12(6-10)16-11-4-5-15-8-11/h2-3,6,11H,4-5,7-8,13H2,1H3. The van der Waals surface area contributed by atoms with Crippen molar-refractivity contribution in [3.63, 3.8) is 0 Å². The van der Waals surface area contributed by atoms with Crippen LogP contribution in [0.5, 0.6) is 11.5 Å². The second-order valence-electron chi connectivity index (χ2n) is 3.78. The van der Waals surface area contributed by atoms with Crippen LogP contribution in [0.3, 0.4) is 0 Å². The third-order valence-corrected chi connectivity index (χ3v) is 2.68. The van der Waals surface area contributed by atoms with Gasteiger partial charge in [0, 0.05) is 24.6 Å². The van der Waals surface area contributed by atoms with Crippen molar-refractivity contribution >= 4 is 0 Å². The van der Waals surface area contributed by atoms with Crippen LogP contribution in [-0.4, -0.2) is 26.4 Å². The summed E-state index contributed by atoms with van der Waals surface area (Å²) in [6.07, 6.45) is 1.07. The molecule has 0 bridgehead atoms. The van der Waals surface area contributed by atoms with Crippen LogP contribution in [0.15, 0.2) is 18.2 Å². The molecule has 1 aliphatic rings. The second kappa shape index (κ2) is 5.18. The van der Waals surface area contributed by atoms with Gasteiger partial charge in [0.1, 0.15) is 17.6 Å². The van der Waals surface area contributed by atoms with Crippen molar-refractivity contribution in [3.8, 4) is 11.5 Å². The molecule has 4 nitrogen and oxygen atoms in total. The van der Waals surface area contributed by atoms with E-state index in [0.29, 0.717) is 13.2 Å². The van der Waals surface area contributed by atoms with Gasteiger partial charge in [-0.05, 0) is 6.07 Å². The van der Waals surface area contributed by atoms with Gasteiger partial charge in [-0.2, -0.15) is 0 Å². The van der Waals surface area contributed by atoms with Crippen molar-refractivity contribution in [2.45, 2.75) is 19.1 Å². The Hall–Kier alpha value is -1.26. The summed E-state index contributed by atoms with van der Waals surface area (Å²) in [6, 6.07) is 5.70. The molecule has 1 heterocycles. The van der Waals surface area contributed by atoms with E-state index in [1.54, 1.807) is 7.11 Å². The van der Waals surface area contributed by atoms with Gasteiger partial charge in [0.2, 0.25) is 0 Å². The minimum atomic E-state index is 0.136. The van der Waals surface area contributed by atoms with Crippen LogP contribution >= 0.6 is 0 Å². The third kappa shape index (κ3) is 2.46. The minimum absolute atomic E-state index is 0.136. The molecule has 2 rings (SSSR count). The maximum absolute atomic E-state index is 5.85. The Bertz CT molecular complexity index is 348. The number of hydrogen-bond acceptors (Lipinski definition) is 4. The molecule has 1 aliphatic heterocycles. The van der Waals surface area contributed by atoms with Crippen LogP contribution in [0.25, 0.3) is 0 Å².